The van der Waals surface area contributed by atoms with Crippen molar-refractivity contribution in [2.75, 3.05) is 6.54 Å². The number of allylic oxidation sites excluding steroid dienone is 3. The van der Waals surface area contributed by atoms with Crippen molar-refractivity contribution < 1.29 is 8.78 Å². The van der Waals surface area contributed by atoms with Gasteiger partial charge < -0.3 is 4.90 Å². The van der Waals surface area contributed by atoms with E-state index in [9.17, 15) is 8.78 Å². The van der Waals surface area contributed by atoms with Crippen LogP contribution in [0.15, 0.2) is 47.7 Å². The fourth-order valence-corrected chi connectivity index (χ4v) is 2.10. The summed E-state index contributed by atoms with van der Waals surface area (Å²) < 4.78 is 27.6. The van der Waals surface area contributed by atoms with Gasteiger partial charge in [-0.05, 0) is 31.2 Å². The molecule has 0 bridgehead atoms. The molecule has 0 amide bonds. The van der Waals surface area contributed by atoms with Gasteiger partial charge in [0, 0.05) is 6.54 Å². The molecule has 1 heterocycles. The zero-order valence-electron chi connectivity index (χ0n) is 9.88. The van der Waals surface area contributed by atoms with Crippen LogP contribution in [-0.4, -0.2) is 11.4 Å². The first-order valence-electron chi connectivity index (χ1n) is 5.55. The third-order valence-electron chi connectivity index (χ3n) is 2.81. The van der Waals surface area contributed by atoms with Crippen LogP contribution < -0.4 is 0 Å². The maximum atomic E-state index is 13.8. The van der Waals surface area contributed by atoms with Gasteiger partial charge in [-0.3, -0.25) is 0 Å². The predicted octanol–water partition coefficient (Wildman–Crippen LogP) is 4.28. The molecular formula is C14H12ClF2N. The van der Waals surface area contributed by atoms with Crippen LogP contribution in [0.25, 0.3) is 5.70 Å². The summed E-state index contributed by atoms with van der Waals surface area (Å²) >= 11 is 5.96. The molecule has 1 aromatic rings. The van der Waals surface area contributed by atoms with Crippen LogP contribution in [-0.2, 0) is 0 Å². The Hall–Kier alpha value is -1.61. The van der Waals surface area contributed by atoms with E-state index in [1.54, 1.807) is 17.1 Å². The molecule has 0 saturated carbocycles. The highest BCUT2D eigenvalue weighted by Gasteiger charge is 2.23. The molecule has 0 aliphatic carbocycles. The topological polar surface area (TPSA) is 3.24 Å². The van der Waals surface area contributed by atoms with Crippen LogP contribution >= 0.6 is 11.6 Å². The van der Waals surface area contributed by atoms with Gasteiger partial charge in [0.2, 0.25) is 0 Å². The average molecular weight is 268 g/mol. The molecule has 4 heteroatoms. The fourth-order valence-electron chi connectivity index (χ4n) is 1.93. The third kappa shape index (κ3) is 2.06. The Kier molecular flexibility index (Phi) is 3.53. The van der Waals surface area contributed by atoms with E-state index >= 15 is 0 Å². The summed E-state index contributed by atoms with van der Waals surface area (Å²) in [6.07, 6.45) is 3.19. The quantitative estimate of drug-likeness (QED) is 0.773. The Balaban J connectivity index is 2.59. The van der Waals surface area contributed by atoms with E-state index in [0.29, 0.717) is 23.0 Å². The molecule has 0 spiro atoms. The molecule has 18 heavy (non-hydrogen) atoms. The Morgan fingerprint density at radius 2 is 1.83 bits per heavy atom. The minimum Gasteiger partial charge on any atom is -0.340 e. The number of hydrogen-bond acceptors (Lipinski definition) is 1. The number of benzene rings is 1. The summed E-state index contributed by atoms with van der Waals surface area (Å²) in [6.45, 7) is 6.22. The van der Waals surface area contributed by atoms with Crippen LogP contribution in [0.4, 0.5) is 8.78 Å². The van der Waals surface area contributed by atoms with Crippen LogP contribution in [0.1, 0.15) is 12.5 Å². The lowest BCUT2D eigenvalue weighted by atomic mass is 10.1. The van der Waals surface area contributed by atoms with Gasteiger partial charge in [-0.2, -0.15) is 0 Å². The summed E-state index contributed by atoms with van der Waals surface area (Å²) in [7, 11) is 0. The summed E-state index contributed by atoms with van der Waals surface area (Å²) in [4.78, 5) is 1.68. The highest BCUT2D eigenvalue weighted by atomic mass is 35.5. The van der Waals surface area contributed by atoms with Gasteiger partial charge >= 0.3 is 0 Å². The highest BCUT2D eigenvalue weighted by molar-refractivity contribution is 6.32. The Labute approximate surface area is 110 Å². The van der Waals surface area contributed by atoms with Gasteiger partial charge in [-0.15, -0.1) is 0 Å². The van der Waals surface area contributed by atoms with E-state index in [4.69, 9.17) is 11.6 Å². The lowest BCUT2D eigenvalue weighted by Crippen LogP contribution is -2.24. The molecular weight excluding hydrogens is 256 g/mol. The minimum atomic E-state index is -0.598. The summed E-state index contributed by atoms with van der Waals surface area (Å²) in [5, 5.41) is 0.470. The van der Waals surface area contributed by atoms with E-state index in [-0.39, 0.29) is 5.56 Å². The summed E-state index contributed by atoms with van der Waals surface area (Å²) in [6, 6.07) is 3.80. The molecule has 1 aliphatic heterocycles. The third-order valence-corrected chi connectivity index (χ3v) is 3.16. The second-order valence-corrected chi connectivity index (χ2v) is 4.26. The van der Waals surface area contributed by atoms with Crippen LogP contribution in [0, 0.1) is 11.6 Å². The number of rotatable bonds is 2. The van der Waals surface area contributed by atoms with Gasteiger partial charge in [0.25, 0.3) is 0 Å². The van der Waals surface area contributed by atoms with Crippen molar-refractivity contribution in [1.82, 2.24) is 4.90 Å². The molecule has 2 rings (SSSR count). The first kappa shape index (κ1) is 12.8. The molecule has 0 unspecified atom stereocenters. The normalized spacial score (nSPS) is 15.6. The Bertz CT molecular complexity index is 541. The van der Waals surface area contributed by atoms with E-state index in [1.807, 2.05) is 6.92 Å². The molecule has 0 aromatic heterocycles. The number of halogens is 3. The standard InChI is InChI=1S/C14H12ClF2N/c1-3-18-9(2)10(15)7-8-13(18)14-11(16)5-4-6-12(14)17/h4-8H,2-3H2,1H3. The summed E-state index contributed by atoms with van der Waals surface area (Å²) in [5.41, 5.74) is 0.919. The molecule has 94 valence electrons. The highest BCUT2D eigenvalue weighted by Crippen LogP contribution is 2.34. The first-order valence-corrected chi connectivity index (χ1v) is 5.92. The maximum absolute atomic E-state index is 13.8. The molecule has 0 saturated heterocycles. The van der Waals surface area contributed by atoms with Crippen molar-refractivity contribution >= 4 is 17.3 Å². The van der Waals surface area contributed by atoms with Crippen molar-refractivity contribution in [3.8, 4) is 0 Å². The second-order valence-electron chi connectivity index (χ2n) is 3.85. The van der Waals surface area contributed by atoms with Crippen LogP contribution in [0.3, 0.4) is 0 Å². The smallest absolute Gasteiger partial charge is 0.135 e. The van der Waals surface area contributed by atoms with Crippen molar-refractivity contribution in [3.05, 3.63) is 64.9 Å². The van der Waals surface area contributed by atoms with Crippen LogP contribution in [0.2, 0.25) is 0 Å². The van der Waals surface area contributed by atoms with Gasteiger partial charge in [-0.25, -0.2) is 8.78 Å². The Morgan fingerprint density at radius 3 is 2.39 bits per heavy atom. The van der Waals surface area contributed by atoms with Crippen molar-refractivity contribution in [3.63, 3.8) is 0 Å². The van der Waals surface area contributed by atoms with Crippen molar-refractivity contribution in [1.29, 1.82) is 0 Å². The lowest BCUT2D eigenvalue weighted by Gasteiger charge is -2.30. The fraction of sp³-hybridized carbons (Fsp3) is 0.143. The molecule has 0 atom stereocenters. The van der Waals surface area contributed by atoms with Crippen molar-refractivity contribution in [2.45, 2.75) is 6.92 Å². The predicted molar refractivity (Wildman–Crippen MR) is 69.8 cm³/mol. The molecule has 1 nitrogen and oxygen atoms in total. The molecule has 0 N–H and O–H groups in total. The average Bonchev–Trinajstić information content (AvgIpc) is 2.33. The van der Waals surface area contributed by atoms with Gasteiger partial charge in [-0.1, -0.05) is 24.2 Å². The largest absolute Gasteiger partial charge is 0.340 e. The second kappa shape index (κ2) is 4.94. The van der Waals surface area contributed by atoms with E-state index in [0.717, 1.165) is 0 Å². The molecule has 1 aliphatic rings. The SMILES string of the molecule is C=C1C(Cl)=CC=C(c2c(F)cccc2F)N1CC. The van der Waals surface area contributed by atoms with E-state index < -0.39 is 11.6 Å². The number of nitrogens with zero attached hydrogens (tertiary/aromatic N) is 1. The number of hydrogen-bond donors (Lipinski definition) is 0. The lowest BCUT2D eigenvalue weighted by molar-refractivity contribution is 0.507. The first-order chi connectivity index (χ1) is 8.56. The number of likely N-dealkylation sites (N-methyl/N-ethyl adjacent to an activating group) is 1. The monoisotopic (exact) mass is 267 g/mol. The maximum Gasteiger partial charge on any atom is 0.135 e. The molecule has 1 aromatic carbocycles. The zero-order chi connectivity index (χ0) is 13.3. The molecule has 0 fully saturated rings. The van der Waals surface area contributed by atoms with Gasteiger partial charge in [0.05, 0.1) is 22.0 Å². The van der Waals surface area contributed by atoms with E-state index in [2.05, 4.69) is 6.58 Å². The summed E-state index contributed by atoms with van der Waals surface area (Å²) in [5.74, 6) is -1.20. The van der Waals surface area contributed by atoms with Gasteiger partial charge in [0.1, 0.15) is 11.6 Å². The minimum absolute atomic E-state index is 0.0547. The van der Waals surface area contributed by atoms with Crippen LogP contribution in [0.5, 0.6) is 0 Å². The van der Waals surface area contributed by atoms with E-state index in [1.165, 1.54) is 18.2 Å². The Morgan fingerprint density at radius 1 is 1.22 bits per heavy atom. The zero-order valence-corrected chi connectivity index (χ0v) is 10.6. The van der Waals surface area contributed by atoms with Crippen molar-refractivity contribution in [2.24, 2.45) is 0 Å². The van der Waals surface area contributed by atoms with Gasteiger partial charge in [0.15, 0.2) is 0 Å². The molecule has 0 radical (unpaired) electrons.